The van der Waals surface area contributed by atoms with Gasteiger partial charge in [0.05, 0.1) is 0 Å². The van der Waals surface area contributed by atoms with Crippen molar-refractivity contribution in [3.05, 3.63) is 133 Å². The summed E-state index contributed by atoms with van der Waals surface area (Å²) >= 11 is 0. The normalized spacial score (nSPS) is 12.1. The Labute approximate surface area is 368 Å². The van der Waals surface area contributed by atoms with Gasteiger partial charge in [0.15, 0.2) is 0 Å². The summed E-state index contributed by atoms with van der Waals surface area (Å²) < 4.78 is 13.9. The zero-order valence-corrected chi connectivity index (χ0v) is 40.1. The Morgan fingerprint density at radius 3 is 1.05 bits per heavy atom. The summed E-state index contributed by atoms with van der Waals surface area (Å²) in [5.74, 6) is 6.48. The van der Waals surface area contributed by atoms with E-state index in [9.17, 15) is 0 Å². The van der Waals surface area contributed by atoms with Gasteiger partial charge in [0, 0.05) is 39.3 Å². The Morgan fingerprint density at radius 1 is 0.417 bits per heavy atom. The van der Waals surface area contributed by atoms with Gasteiger partial charge in [-0.05, 0) is 95.0 Å². The van der Waals surface area contributed by atoms with Gasteiger partial charge in [-0.2, -0.15) is 0 Å². The van der Waals surface area contributed by atoms with Crippen molar-refractivity contribution in [3.63, 3.8) is 0 Å². The van der Waals surface area contributed by atoms with Crippen LogP contribution in [0, 0.1) is 11.8 Å². The second kappa shape index (κ2) is 28.1. The molecule has 4 rings (SSSR count). The van der Waals surface area contributed by atoms with Crippen LogP contribution in [0.5, 0.6) is 0 Å². The van der Waals surface area contributed by atoms with E-state index in [2.05, 4.69) is 187 Å². The molecule has 0 amide bonds. The molecular weight excluding hydrogens is 769 g/mol. The molecule has 6 heteroatoms. The molecule has 4 aromatic rings. The van der Waals surface area contributed by atoms with Crippen molar-refractivity contribution in [2.24, 2.45) is 0 Å². The Bertz CT molecular complexity index is 1680. The van der Waals surface area contributed by atoms with Crippen LogP contribution in [0.4, 0.5) is 0 Å². The van der Waals surface area contributed by atoms with Crippen molar-refractivity contribution in [1.29, 1.82) is 0 Å². The maximum atomic E-state index is 8.81. The fraction of sp³-hybridized carbons (Fsp3) is 0.481. The van der Waals surface area contributed by atoms with E-state index in [1.807, 2.05) is 0 Å². The van der Waals surface area contributed by atoms with E-state index in [0.717, 1.165) is 90.3 Å². The minimum absolute atomic E-state index is 0.0375. The standard InChI is InChI=1S/C27H40O2Si.C27H38O2Si/c2*1-27(2,3)30(25-19-13-11-14-20-25,26-21-15-12-16-22-26)29-24-18-10-8-6-4-5-7-9-17-23-28/h4-5,11-16,19-22,28H,6-10,17-18,23-24H2,1-3H3;11-16,19-22,28H,6-10,17-18,23-24H2,1-3H3/b5-4-;. The van der Waals surface area contributed by atoms with E-state index in [0.29, 0.717) is 6.61 Å². The molecule has 0 aromatic heterocycles. The fourth-order valence-electron chi connectivity index (χ4n) is 8.12. The van der Waals surface area contributed by atoms with Crippen LogP contribution in [0.25, 0.3) is 0 Å². The van der Waals surface area contributed by atoms with E-state index < -0.39 is 16.6 Å². The summed E-state index contributed by atoms with van der Waals surface area (Å²) in [6.45, 7) is 16.2. The summed E-state index contributed by atoms with van der Waals surface area (Å²) in [5.41, 5.74) is 0. The monoisotopic (exact) mass is 847 g/mol. The number of aliphatic hydroxyl groups excluding tert-OH is 2. The van der Waals surface area contributed by atoms with Crippen LogP contribution in [0.3, 0.4) is 0 Å². The van der Waals surface area contributed by atoms with E-state index in [1.165, 1.54) is 33.6 Å². The molecule has 0 aliphatic rings. The van der Waals surface area contributed by atoms with Crippen molar-refractivity contribution in [2.45, 2.75) is 142 Å². The van der Waals surface area contributed by atoms with Crippen molar-refractivity contribution in [3.8, 4) is 11.8 Å². The van der Waals surface area contributed by atoms with Crippen molar-refractivity contribution in [2.75, 3.05) is 26.4 Å². The molecule has 0 atom stereocenters. The van der Waals surface area contributed by atoms with E-state index in [-0.39, 0.29) is 16.7 Å². The van der Waals surface area contributed by atoms with E-state index in [4.69, 9.17) is 19.1 Å². The Hall–Kier alpha value is -3.55. The zero-order valence-electron chi connectivity index (χ0n) is 38.1. The fourth-order valence-corrected chi connectivity index (χ4v) is 17.3. The largest absolute Gasteiger partial charge is 0.407 e. The van der Waals surface area contributed by atoms with Crippen LogP contribution in [0.2, 0.25) is 10.1 Å². The van der Waals surface area contributed by atoms with Crippen LogP contribution < -0.4 is 20.7 Å². The Balaban J connectivity index is 0.000000320. The molecule has 0 fully saturated rings. The first-order valence-corrected chi connectivity index (χ1v) is 26.7. The Kier molecular flexibility index (Phi) is 23.8. The van der Waals surface area contributed by atoms with Gasteiger partial charge in [0.2, 0.25) is 0 Å². The van der Waals surface area contributed by atoms with Gasteiger partial charge in [0.25, 0.3) is 16.6 Å². The van der Waals surface area contributed by atoms with Crippen molar-refractivity contribution in [1.82, 2.24) is 0 Å². The van der Waals surface area contributed by atoms with Gasteiger partial charge >= 0.3 is 0 Å². The molecule has 0 aliphatic carbocycles. The van der Waals surface area contributed by atoms with Crippen molar-refractivity contribution < 1.29 is 19.1 Å². The van der Waals surface area contributed by atoms with Gasteiger partial charge < -0.3 is 19.1 Å². The predicted molar refractivity (Wildman–Crippen MR) is 263 cm³/mol. The highest BCUT2D eigenvalue weighted by Gasteiger charge is 2.51. The average Bonchev–Trinajstić information content (AvgIpc) is 3.25. The molecule has 0 radical (unpaired) electrons. The smallest absolute Gasteiger partial charge is 0.261 e. The van der Waals surface area contributed by atoms with Gasteiger partial charge in [-0.3, -0.25) is 0 Å². The number of hydrogen-bond acceptors (Lipinski definition) is 4. The first-order chi connectivity index (χ1) is 29.0. The first-order valence-electron chi connectivity index (χ1n) is 22.9. The predicted octanol–water partition coefficient (Wildman–Crippen LogP) is 11.1. The first kappa shape index (κ1) is 50.8. The third kappa shape index (κ3) is 16.1. The highest BCUT2D eigenvalue weighted by atomic mass is 28.4. The molecule has 4 nitrogen and oxygen atoms in total. The maximum Gasteiger partial charge on any atom is 0.261 e. The van der Waals surface area contributed by atoms with Crippen LogP contribution in [0.15, 0.2) is 133 Å². The molecule has 0 saturated carbocycles. The second-order valence-corrected chi connectivity index (χ2v) is 26.5. The number of unbranched alkanes of at least 4 members (excludes halogenated alkanes) is 10. The van der Waals surface area contributed by atoms with Gasteiger partial charge in [0.1, 0.15) is 0 Å². The minimum Gasteiger partial charge on any atom is -0.407 e. The molecule has 0 heterocycles. The number of aliphatic hydroxyl groups is 2. The lowest BCUT2D eigenvalue weighted by atomic mass is 10.1. The van der Waals surface area contributed by atoms with Crippen LogP contribution in [-0.2, 0) is 8.85 Å². The topological polar surface area (TPSA) is 58.9 Å². The molecular formula is C54H78O4Si2. The van der Waals surface area contributed by atoms with Crippen LogP contribution in [-0.4, -0.2) is 53.3 Å². The molecule has 60 heavy (non-hydrogen) atoms. The number of hydrogen-bond donors (Lipinski definition) is 2. The third-order valence-corrected chi connectivity index (χ3v) is 21.3. The van der Waals surface area contributed by atoms with E-state index >= 15 is 0 Å². The van der Waals surface area contributed by atoms with Crippen molar-refractivity contribution >= 4 is 37.4 Å². The molecule has 0 unspecified atom stereocenters. The second-order valence-electron chi connectivity index (χ2n) is 17.9. The van der Waals surface area contributed by atoms with E-state index in [1.54, 1.807) is 0 Å². The highest BCUT2D eigenvalue weighted by Crippen LogP contribution is 2.38. The highest BCUT2D eigenvalue weighted by molar-refractivity contribution is 7.00. The zero-order chi connectivity index (χ0) is 43.4. The van der Waals surface area contributed by atoms with Gasteiger partial charge in [-0.15, -0.1) is 11.8 Å². The van der Waals surface area contributed by atoms with Crippen LogP contribution >= 0.6 is 0 Å². The number of allylic oxidation sites excluding steroid dienone is 2. The molecule has 0 spiro atoms. The maximum absolute atomic E-state index is 8.81. The lowest BCUT2D eigenvalue weighted by Gasteiger charge is -2.43. The van der Waals surface area contributed by atoms with Gasteiger partial charge in [-0.25, -0.2) is 0 Å². The molecule has 2 N–H and O–H groups in total. The summed E-state index contributed by atoms with van der Waals surface area (Å²) in [7, 11) is -4.77. The summed E-state index contributed by atoms with van der Waals surface area (Å²) in [6, 6.07) is 43.5. The summed E-state index contributed by atoms with van der Waals surface area (Å²) in [6.07, 6.45) is 19.3. The molecule has 326 valence electrons. The lowest BCUT2D eigenvalue weighted by Crippen LogP contribution is -2.66. The summed E-state index contributed by atoms with van der Waals surface area (Å²) in [5, 5.41) is 23.1. The average molecular weight is 847 g/mol. The molecule has 0 bridgehead atoms. The molecule has 4 aromatic carbocycles. The number of rotatable bonds is 24. The molecule has 0 saturated heterocycles. The quantitative estimate of drug-likeness (QED) is 0.0319. The van der Waals surface area contributed by atoms with Gasteiger partial charge in [-0.1, -0.05) is 188 Å². The Morgan fingerprint density at radius 2 is 0.717 bits per heavy atom. The van der Waals surface area contributed by atoms with Crippen LogP contribution in [0.1, 0.15) is 131 Å². The number of benzene rings is 4. The molecule has 0 aliphatic heterocycles. The summed E-state index contributed by atoms with van der Waals surface area (Å²) in [4.78, 5) is 0. The minimum atomic E-state index is -2.39. The third-order valence-electron chi connectivity index (χ3n) is 11.2. The lowest BCUT2D eigenvalue weighted by molar-refractivity contribution is 0.285. The SMILES string of the molecule is CC(C)(C)[Si](OCCCCC/C=C\CCCCO)(c1ccccc1)c1ccccc1.CC(C)(C)[Si](OCCCCCC#CCCCCO)(c1ccccc1)c1ccccc1.